The van der Waals surface area contributed by atoms with Gasteiger partial charge >= 0.3 is 0 Å². The summed E-state index contributed by atoms with van der Waals surface area (Å²) in [5, 5.41) is 3.10. The summed E-state index contributed by atoms with van der Waals surface area (Å²) in [5.74, 6) is 0.354. The van der Waals surface area contributed by atoms with Gasteiger partial charge in [-0.2, -0.15) is 8.42 Å². The van der Waals surface area contributed by atoms with Crippen LogP contribution < -0.4 is 5.32 Å². The number of rotatable bonds is 3. The summed E-state index contributed by atoms with van der Waals surface area (Å²) in [4.78, 5) is 14.8. The molecule has 1 aromatic carbocycles. The molecule has 0 spiro atoms. The van der Waals surface area contributed by atoms with Crippen molar-refractivity contribution in [3.63, 3.8) is 0 Å². The van der Waals surface area contributed by atoms with E-state index in [1.807, 2.05) is 31.7 Å². The predicted molar refractivity (Wildman–Crippen MR) is 97.0 cm³/mol. The summed E-state index contributed by atoms with van der Waals surface area (Å²) < 4.78 is 28.5. The van der Waals surface area contributed by atoms with Gasteiger partial charge in [-0.1, -0.05) is 19.1 Å². The standard InChI is InChI=1S/C18H25N3O3S/c1-4-18(2,3)19-17(22)13-8-7-11-21(12-13)16-14-9-5-6-10-15(14)25(23,24)20-16/h5-6,9-10,13H,4,7-8,11-12H2,1-3H3,(H,19,22). The minimum absolute atomic E-state index is 0.0336. The predicted octanol–water partition coefficient (Wildman–Crippen LogP) is 2.15. The molecular formula is C18H25N3O3S. The maximum Gasteiger partial charge on any atom is 0.285 e. The van der Waals surface area contributed by atoms with Crippen molar-refractivity contribution >= 4 is 21.8 Å². The number of piperidine rings is 1. The zero-order valence-corrected chi connectivity index (χ0v) is 15.8. The molecule has 2 heterocycles. The van der Waals surface area contributed by atoms with E-state index in [0.29, 0.717) is 24.5 Å². The first-order valence-corrected chi connectivity index (χ1v) is 10.2. The Balaban J connectivity index is 1.80. The van der Waals surface area contributed by atoms with Crippen LogP contribution in [0.5, 0.6) is 0 Å². The van der Waals surface area contributed by atoms with E-state index < -0.39 is 10.0 Å². The lowest BCUT2D eigenvalue weighted by Gasteiger charge is -2.35. The highest BCUT2D eigenvalue weighted by Crippen LogP contribution is 2.29. The second-order valence-corrected chi connectivity index (χ2v) is 8.97. The van der Waals surface area contributed by atoms with Gasteiger partial charge < -0.3 is 10.2 Å². The normalized spacial score (nSPS) is 22.3. The van der Waals surface area contributed by atoms with Crippen LogP contribution in [0, 0.1) is 5.92 Å². The highest BCUT2D eigenvalue weighted by Gasteiger charge is 2.35. The highest BCUT2D eigenvalue weighted by molar-refractivity contribution is 7.90. The summed E-state index contributed by atoms with van der Waals surface area (Å²) in [7, 11) is -3.63. The number of carbonyl (C=O) groups excluding carboxylic acids is 1. The Hall–Kier alpha value is -1.89. The Labute approximate surface area is 149 Å². The Morgan fingerprint density at radius 1 is 1.36 bits per heavy atom. The van der Waals surface area contributed by atoms with Crippen LogP contribution in [0.3, 0.4) is 0 Å². The Bertz CT molecular complexity index is 815. The van der Waals surface area contributed by atoms with E-state index >= 15 is 0 Å². The zero-order valence-electron chi connectivity index (χ0n) is 14.9. The monoisotopic (exact) mass is 363 g/mol. The third-order valence-electron chi connectivity index (χ3n) is 5.05. The van der Waals surface area contributed by atoms with Crippen LogP contribution in [0.25, 0.3) is 0 Å². The molecule has 0 saturated carbocycles. The Morgan fingerprint density at radius 2 is 2.08 bits per heavy atom. The van der Waals surface area contributed by atoms with Gasteiger partial charge in [0.25, 0.3) is 10.0 Å². The second-order valence-electron chi connectivity index (χ2n) is 7.40. The first kappa shape index (κ1) is 17.9. The van der Waals surface area contributed by atoms with Gasteiger partial charge in [-0.05, 0) is 45.2 Å². The molecule has 6 nitrogen and oxygen atoms in total. The number of sulfonamides is 1. The molecule has 25 heavy (non-hydrogen) atoms. The molecule has 1 amide bonds. The van der Waals surface area contributed by atoms with Crippen LogP contribution in [0.15, 0.2) is 33.6 Å². The van der Waals surface area contributed by atoms with Crippen molar-refractivity contribution < 1.29 is 13.2 Å². The molecule has 0 aliphatic carbocycles. The number of amidine groups is 1. The second kappa shape index (κ2) is 6.44. The molecular weight excluding hydrogens is 338 g/mol. The van der Waals surface area contributed by atoms with Crippen molar-refractivity contribution in [3.05, 3.63) is 29.8 Å². The van der Waals surface area contributed by atoms with Gasteiger partial charge in [0.2, 0.25) is 5.91 Å². The van der Waals surface area contributed by atoms with Crippen LogP contribution in [-0.4, -0.2) is 43.7 Å². The lowest BCUT2D eigenvalue weighted by Crippen LogP contribution is -2.50. The third-order valence-corrected chi connectivity index (χ3v) is 6.37. The van der Waals surface area contributed by atoms with Gasteiger partial charge in [-0.25, -0.2) is 0 Å². The van der Waals surface area contributed by atoms with E-state index in [9.17, 15) is 13.2 Å². The van der Waals surface area contributed by atoms with Crippen molar-refractivity contribution in [1.29, 1.82) is 0 Å². The van der Waals surface area contributed by atoms with E-state index in [2.05, 4.69) is 9.71 Å². The lowest BCUT2D eigenvalue weighted by molar-refractivity contribution is -0.127. The Morgan fingerprint density at radius 3 is 2.80 bits per heavy atom. The van der Waals surface area contributed by atoms with E-state index in [1.165, 1.54) is 0 Å². The number of hydrogen-bond donors (Lipinski definition) is 1. The molecule has 2 aliphatic heterocycles. The lowest BCUT2D eigenvalue weighted by atomic mass is 9.94. The van der Waals surface area contributed by atoms with Crippen LogP contribution in [0.4, 0.5) is 0 Å². The maximum atomic E-state index is 12.6. The molecule has 1 N–H and O–H groups in total. The van der Waals surface area contributed by atoms with Crippen molar-refractivity contribution in [1.82, 2.24) is 10.2 Å². The largest absolute Gasteiger partial charge is 0.355 e. The van der Waals surface area contributed by atoms with Gasteiger partial charge in [0.15, 0.2) is 5.84 Å². The van der Waals surface area contributed by atoms with Gasteiger partial charge in [-0.3, -0.25) is 4.79 Å². The number of likely N-dealkylation sites (tertiary alicyclic amines) is 1. The van der Waals surface area contributed by atoms with Gasteiger partial charge in [0.05, 0.1) is 5.92 Å². The number of benzene rings is 1. The van der Waals surface area contributed by atoms with E-state index in [0.717, 1.165) is 19.3 Å². The molecule has 2 aliphatic rings. The number of fused-ring (bicyclic) bond motifs is 1. The van der Waals surface area contributed by atoms with Gasteiger partial charge in [0, 0.05) is 24.2 Å². The summed E-state index contributed by atoms with van der Waals surface area (Å²) in [5.41, 5.74) is 0.401. The maximum absolute atomic E-state index is 12.6. The fraction of sp³-hybridized carbons (Fsp3) is 0.556. The molecule has 0 aromatic heterocycles. The number of nitrogens with zero attached hydrogens (tertiary/aromatic N) is 2. The van der Waals surface area contributed by atoms with E-state index in [1.54, 1.807) is 18.2 Å². The summed E-state index contributed by atoms with van der Waals surface area (Å²) >= 11 is 0. The quantitative estimate of drug-likeness (QED) is 0.892. The molecule has 1 atom stereocenters. The van der Waals surface area contributed by atoms with Gasteiger partial charge in [0.1, 0.15) is 4.90 Å². The van der Waals surface area contributed by atoms with Crippen molar-refractivity contribution in [2.75, 3.05) is 13.1 Å². The number of amides is 1. The third kappa shape index (κ3) is 3.56. The molecule has 7 heteroatoms. The van der Waals surface area contributed by atoms with E-state index in [-0.39, 0.29) is 22.3 Å². The number of hydrogen-bond acceptors (Lipinski definition) is 4. The van der Waals surface area contributed by atoms with Crippen molar-refractivity contribution in [3.8, 4) is 0 Å². The molecule has 1 unspecified atom stereocenters. The molecule has 1 aromatic rings. The molecule has 1 fully saturated rings. The smallest absolute Gasteiger partial charge is 0.285 e. The first-order chi connectivity index (χ1) is 11.7. The minimum Gasteiger partial charge on any atom is -0.355 e. The van der Waals surface area contributed by atoms with Crippen LogP contribution >= 0.6 is 0 Å². The van der Waals surface area contributed by atoms with E-state index in [4.69, 9.17) is 0 Å². The fourth-order valence-electron chi connectivity index (χ4n) is 3.22. The van der Waals surface area contributed by atoms with Crippen molar-refractivity contribution in [2.45, 2.75) is 50.5 Å². The molecule has 3 rings (SSSR count). The summed E-state index contributed by atoms with van der Waals surface area (Å²) in [6, 6.07) is 6.88. The summed E-state index contributed by atoms with van der Waals surface area (Å²) in [6.45, 7) is 7.27. The number of carbonyl (C=O) groups is 1. The SMILES string of the molecule is CCC(C)(C)NC(=O)C1CCCN(C2=NS(=O)(=O)c3ccccc32)C1. The molecule has 0 radical (unpaired) electrons. The minimum atomic E-state index is -3.63. The first-order valence-electron chi connectivity index (χ1n) is 8.75. The van der Waals surface area contributed by atoms with Crippen LogP contribution in [0.1, 0.15) is 45.6 Å². The zero-order chi connectivity index (χ0) is 18.2. The Kier molecular flexibility index (Phi) is 4.62. The van der Waals surface area contributed by atoms with Crippen LogP contribution in [-0.2, 0) is 14.8 Å². The highest BCUT2D eigenvalue weighted by atomic mass is 32.2. The number of nitrogens with one attached hydrogen (secondary N) is 1. The average Bonchev–Trinajstić information content (AvgIpc) is 2.86. The van der Waals surface area contributed by atoms with Crippen LogP contribution in [0.2, 0.25) is 0 Å². The fourth-order valence-corrected chi connectivity index (χ4v) is 4.45. The topological polar surface area (TPSA) is 78.8 Å². The molecule has 0 bridgehead atoms. The van der Waals surface area contributed by atoms with Gasteiger partial charge in [-0.15, -0.1) is 4.40 Å². The summed E-state index contributed by atoms with van der Waals surface area (Å²) in [6.07, 6.45) is 2.50. The molecule has 1 saturated heterocycles. The molecule has 136 valence electrons. The average molecular weight is 363 g/mol. The van der Waals surface area contributed by atoms with Crippen molar-refractivity contribution in [2.24, 2.45) is 10.3 Å².